The molecule has 114 valence electrons. The van der Waals surface area contributed by atoms with Crippen LogP contribution in [0.2, 0.25) is 0 Å². The summed E-state index contributed by atoms with van der Waals surface area (Å²) in [5, 5.41) is 0. The van der Waals surface area contributed by atoms with Crippen LogP contribution >= 0.6 is 0 Å². The van der Waals surface area contributed by atoms with Crippen LogP contribution < -0.4 is 0 Å². The van der Waals surface area contributed by atoms with E-state index >= 15 is 0 Å². The Labute approximate surface area is 128 Å². The van der Waals surface area contributed by atoms with Gasteiger partial charge in [0.15, 0.2) is 0 Å². The molecule has 0 aliphatic rings. The zero-order valence-corrected chi connectivity index (χ0v) is 12.1. The summed E-state index contributed by atoms with van der Waals surface area (Å²) in [5.41, 5.74) is 1.28. The monoisotopic (exact) mass is 302 g/mol. The van der Waals surface area contributed by atoms with Gasteiger partial charge in [0.2, 0.25) is 0 Å². The minimum absolute atomic E-state index is 0.168. The number of alkyl halides is 3. The smallest absolute Gasteiger partial charge is 0.166 e. The van der Waals surface area contributed by atoms with Gasteiger partial charge in [0.25, 0.3) is 0 Å². The van der Waals surface area contributed by atoms with E-state index in [1.54, 1.807) is 0 Å². The highest BCUT2D eigenvalue weighted by atomic mass is 19.4. The van der Waals surface area contributed by atoms with Gasteiger partial charge in [-0.25, -0.2) is 0 Å². The summed E-state index contributed by atoms with van der Waals surface area (Å²) < 4.78 is 37.6. The highest BCUT2D eigenvalue weighted by Crippen LogP contribution is 2.29. The fraction of sp³-hybridized carbons (Fsp3) is 0.158. The first kappa shape index (κ1) is 16.1. The van der Waals surface area contributed by atoms with Gasteiger partial charge in [-0.1, -0.05) is 60.7 Å². The molecule has 0 saturated heterocycles. The Hall–Kier alpha value is -2.29. The number of hydrogen-bond acceptors (Lipinski definition) is 0. The number of allylic oxidation sites excluding steroid dienone is 2. The standard InChI is InChI=1S/C19H17F3/c1-2-6-16(17-7-4-3-5-8-17)12-9-15-10-13-18(14-11-15)19(20,21)22/h2-5,7-14,16H,1,6H2. The Morgan fingerprint density at radius 3 is 2.14 bits per heavy atom. The average Bonchev–Trinajstić information content (AvgIpc) is 2.52. The topological polar surface area (TPSA) is 0 Å². The third-order valence-corrected chi connectivity index (χ3v) is 3.41. The van der Waals surface area contributed by atoms with Crippen LogP contribution in [0.25, 0.3) is 6.08 Å². The Bertz CT molecular complexity index is 622. The van der Waals surface area contributed by atoms with Crippen molar-refractivity contribution in [3.63, 3.8) is 0 Å². The third kappa shape index (κ3) is 4.35. The molecule has 0 nitrogen and oxygen atoms in total. The molecule has 0 radical (unpaired) electrons. The molecule has 22 heavy (non-hydrogen) atoms. The molecule has 0 amide bonds. The minimum Gasteiger partial charge on any atom is -0.166 e. The van der Waals surface area contributed by atoms with Gasteiger partial charge in [-0.3, -0.25) is 0 Å². The number of halogens is 3. The molecule has 0 saturated carbocycles. The molecule has 0 fully saturated rings. The summed E-state index contributed by atoms with van der Waals surface area (Å²) in [6, 6.07) is 15.1. The maximum Gasteiger partial charge on any atom is 0.416 e. The Morgan fingerprint density at radius 2 is 1.59 bits per heavy atom. The number of rotatable bonds is 5. The van der Waals surface area contributed by atoms with Gasteiger partial charge in [-0.15, -0.1) is 6.58 Å². The van der Waals surface area contributed by atoms with Crippen molar-refractivity contribution in [2.24, 2.45) is 0 Å². The van der Waals surface area contributed by atoms with Crippen molar-refractivity contribution in [3.8, 4) is 0 Å². The first-order valence-corrected chi connectivity index (χ1v) is 7.02. The lowest BCUT2D eigenvalue weighted by Gasteiger charge is -2.11. The van der Waals surface area contributed by atoms with Crippen molar-refractivity contribution in [2.45, 2.75) is 18.5 Å². The van der Waals surface area contributed by atoms with Crippen LogP contribution in [0.4, 0.5) is 13.2 Å². The van der Waals surface area contributed by atoms with E-state index < -0.39 is 11.7 Å². The van der Waals surface area contributed by atoms with Gasteiger partial charge in [-0.05, 0) is 29.7 Å². The second-order valence-electron chi connectivity index (χ2n) is 5.02. The van der Waals surface area contributed by atoms with Gasteiger partial charge in [0.1, 0.15) is 0 Å². The normalized spacial score (nSPS) is 13.2. The molecule has 0 bridgehead atoms. The molecule has 2 rings (SSSR count). The van der Waals surface area contributed by atoms with Crippen LogP contribution in [0.1, 0.15) is 29.0 Å². The van der Waals surface area contributed by atoms with E-state index in [4.69, 9.17) is 0 Å². The molecular formula is C19H17F3. The largest absolute Gasteiger partial charge is 0.416 e. The van der Waals surface area contributed by atoms with Gasteiger partial charge in [0, 0.05) is 5.92 Å². The summed E-state index contributed by atoms with van der Waals surface area (Å²) in [6.45, 7) is 3.76. The van der Waals surface area contributed by atoms with E-state index in [9.17, 15) is 13.2 Å². The molecule has 3 heteroatoms. The van der Waals surface area contributed by atoms with Crippen molar-refractivity contribution in [1.82, 2.24) is 0 Å². The van der Waals surface area contributed by atoms with Crippen molar-refractivity contribution in [3.05, 3.63) is 90.0 Å². The summed E-state index contributed by atoms with van der Waals surface area (Å²) >= 11 is 0. The number of hydrogen-bond donors (Lipinski definition) is 0. The minimum atomic E-state index is -4.29. The SMILES string of the molecule is C=CCC(C=Cc1ccc(C(F)(F)F)cc1)c1ccccc1. The van der Waals surface area contributed by atoms with E-state index in [-0.39, 0.29) is 5.92 Å². The zero-order chi connectivity index (χ0) is 16.0. The predicted molar refractivity (Wildman–Crippen MR) is 84.5 cm³/mol. The van der Waals surface area contributed by atoms with Crippen LogP contribution in [0.3, 0.4) is 0 Å². The number of benzene rings is 2. The fourth-order valence-corrected chi connectivity index (χ4v) is 2.22. The predicted octanol–water partition coefficient (Wildman–Crippen LogP) is 6.08. The van der Waals surface area contributed by atoms with Crippen molar-refractivity contribution in [2.75, 3.05) is 0 Å². The fourth-order valence-electron chi connectivity index (χ4n) is 2.22. The summed E-state index contributed by atoms with van der Waals surface area (Å²) in [4.78, 5) is 0. The molecule has 0 aromatic heterocycles. The molecule has 0 spiro atoms. The average molecular weight is 302 g/mol. The lowest BCUT2D eigenvalue weighted by atomic mass is 9.94. The Balaban J connectivity index is 2.16. The molecular weight excluding hydrogens is 285 g/mol. The second-order valence-corrected chi connectivity index (χ2v) is 5.02. The third-order valence-electron chi connectivity index (χ3n) is 3.41. The molecule has 1 atom stereocenters. The Kier molecular flexibility index (Phi) is 5.21. The van der Waals surface area contributed by atoms with Gasteiger partial charge < -0.3 is 0 Å². The van der Waals surface area contributed by atoms with Crippen molar-refractivity contribution >= 4 is 6.08 Å². The van der Waals surface area contributed by atoms with Crippen LogP contribution in [-0.2, 0) is 6.18 Å². The van der Waals surface area contributed by atoms with E-state index in [0.29, 0.717) is 0 Å². The summed E-state index contributed by atoms with van der Waals surface area (Å²) in [5.74, 6) is 0.168. The second kappa shape index (κ2) is 7.12. The molecule has 0 aliphatic heterocycles. The zero-order valence-electron chi connectivity index (χ0n) is 12.1. The first-order chi connectivity index (χ1) is 10.5. The Morgan fingerprint density at radius 1 is 0.955 bits per heavy atom. The molecule has 2 aromatic rings. The van der Waals surface area contributed by atoms with Gasteiger partial charge in [0.05, 0.1) is 5.56 Å². The van der Waals surface area contributed by atoms with E-state index in [1.807, 2.05) is 48.6 Å². The van der Waals surface area contributed by atoms with Gasteiger partial charge in [-0.2, -0.15) is 13.2 Å². The van der Waals surface area contributed by atoms with E-state index in [0.717, 1.165) is 29.7 Å². The van der Waals surface area contributed by atoms with Gasteiger partial charge >= 0.3 is 6.18 Å². The maximum absolute atomic E-state index is 12.5. The maximum atomic E-state index is 12.5. The van der Waals surface area contributed by atoms with Crippen molar-refractivity contribution in [1.29, 1.82) is 0 Å². The lowest BCUT2D eigenvalue weighted by Crippen LogP contribution is -2.04. The lowest BCUT2D eigenvalue weighted by molar-refractivity contribution is -0.137. The molecule has 0 heterocycles. The quantitative estimate of drug-likeness (QED) is 0.587. The van der Waals surface area contributed by atoms with Crippen molar-refractivity contribution < 1.29 is 13.2 Å². The van der Waals surface area contributed by atoms with Crippen LogP contribution in [0.5, 0.6) is 0 Å². The summed E-state index contributed by atoms with van der Waals surface area (Å²) in [7, 11) is 0. The molecule has 2 aromatic carbocycles. The first-order valence-electron chi connectivity index (χ1n) is 7.02. The van der Waals surface area contributed by atoms with E-state index in [1.165, 1.54) is 12.1 Å². The summed E-state index contributed by atoms with van der Waals surface area (Å²) in [6.07, 6.45) is 2.18. The van der Waals surface area contributed by atoms with Crippen LogP contribution in [0, 0.1) is 0 Å². The van der Waals surface area contributed by atoms with E-state index in [2.05, 4.69) is 6.58 Å². The van der Waals surface area contributed by atoms with Crippen LogP contribution in [-0.4, -0.2) is 0 Å². The molecule has 0 N–H and O–H groups in total. The van der Waals surface area contributed by atoms with Crippen LogP contribution in [0.15, 0.2) is 73.3 Å². The molecule has 1 unspecified atom stereocenters. The highest BCUT2D eigenvalue weighted by molar-refractivity contribution is 5.51. The molecule has 0 aliphatic carbocycles. The highest BCUT2D eigenvalue weighted by Gasteiger charge is 2.29.